The third-order valence-electron chi connectivity index (χ3n) is 7.17. The Labute approximate surface area is 260 Å². The summed E-state index contributed by atoms with van der Waals surface area (Å²) < 4.78 is 5.25. The third-order valence-corrected chi connectivity index (χ3v) is 7.17. The lowest BCUT2D eigenvalue weighted by Gasteiger charge is -2.18. The number of aryl methyl sites for hydroxylation is 3. The van der Waals surface area contributed by atoms with E-state index in [2.05, 4.69) is 103 Å². The van der Waals surface area contributed by atoms with E-state index in [1.807, 2.05) is 32.1 Å². The molecule has 0 bridgehead atoms. The lowest BCUT2D eigenvalue weighted by atomic mass is 9.98. The Morgan fingerprint density at radius 1 is 0.786 bits per heavy atom. The van der Waals surface area contributed by atoms with Gasteiger partial charge in [-0.05, 0) is 104 Å². The van der Waals surface area contributed by atoms with Gasteiger partial charge in [0.05, 0.1) is 7.11 Å². The highest BCUT2D eigenvalue weighted by molar-refractivity contribution is 5.59. The van der Waals surface area contributed by atoms with E-state index in [1.165, 1.54) is 65.5 Å². The number of benzene rings is 3. The van der Waals surface area contributed by atoms with E-state index in [0.29, 0.717) is 0 Å². The van der Waals surface area contributed by atoms with Gasteiger partial charge in [-0.25, -0.2) is 0 Å². The van der Waals surface area contributed by atoms with Crippen LogP contribution < -0.4 is 10.5 Å². The van der Waals surface area contributed by atoms with Gasteiger partial charge in [0.2, 0.25) is 0 Å². The SMILES string of the molecule is C=Cc1ccc(Cc2ccc(C)c(C)c2)c(N)c1.CC.CCCCCC.CCCN(C)Cc1ccc(OC)cc1CC. The number of ether oxygens (including phenoxy) is 1. The van der Waals surface area contributed by atoms with Crippen molar-refractivity contribution in [3.63, 3.8) is 0 Å². The van der Waals surface area contributed by atoms with Gasteiger partial charge in [-0.1, -0.05) is 116 Å². The molecule has 3 rings (SSSR count). The maximum Gasteiger partial charge on any atom is 0.119 e. The van der Waals surface area contributed by atoms with Crippen molar-refractivity contribution in [2.75, 3.05) is 26.4 Å². The number of hydrogen-bond acceptors (Lipinski definition) is 3. The Bertz CT molecular complexity index is 1130. The van der Waals surface area contributed by atoms with Gasteiger partial charge >= 0.3 is 0 Å². The molecule has 0 heterocycles. The highest BCUT2D eigenvalue weighted by Crippen LogP contribution is 2.21. The summed E-state index contributed by atoms with van der Waals surface area (Å²) >= 11 is 0. The predicted octanol–water partition coefficient (Wildman–Crippen LogP) is 10.8. The fourth-order valence-electron chi connectivity index (χ4n) is 4.50. The fraction of sp³-hybridized carbons (Fsp3) is 0.487. The summed E-state index contributed by atoms with van der Waals surface area (Å²) in [5, 5.41) is 0. The van der Waals surface area contributed by atoms with Crippen LogP contribution in [0, 0.1) is 13.8 Å². The molecular formula is C39H62N2O. The predicted molar refractivity (Wildman–Crippen MR) is 190 cm³/mol. The molecule has 0 saturated carbocycles. The molecule has 0 saturated heterocycles. The van der Waals surface area contributed by atoms with Crippen molar-refractivity contribution in [3.05, 3.63) is 100 Å². The molecule has 0 unspecified atom stereocenters. The van der Waals surface area contributed by atoms with Crippen LogP contribution in [0.2, 0.25) is 0 Å². The summed E-state index contributed by atoms with van der Waals surface area (Å²) in [5.74, 6) is 0.957. The Balaban J connectivity index is 0.000000644. The Kier molecular flexibility index (Phi) is 21.8. The lowest BCUT2D eigenvalue weighted by molar-refractivity contribution is 0.326. The summed E-state index contributed by atoms with van der Waals surface area (Å²) in [5.41, 5.74) is 15.9. The largest absolute Gasteiger partial charge is 0.497 e. The zero-order valence-corrected chi connectivity index (χ0v) is 28.8. The van der Waals surface area contributed by atoms with Crippen LogP contribution in [0.3, 0.4) is 0 Å². The van der Waals surface area contributed by atoms with E-state index >= 15 is 0 Å². The Hall–Kier alpha value is -3.04. The molecular weight excluding hydrogens is 512 g/mol. The highest BCUT2D eigenvalue weighted by Gasteiger charge is 2.06. The summed E-state index contributed by atoms with van der Waals surface area (Å²) in [4.78, 5) is 2.36. The number of anilines is 1. The minimum absolute atomic E-state index is 0.839. The Morgan fingerprint density at radius 2 is 1.43 bits per heavy atom. The molecule has 0 fully saturated rings. The number of nitrogen functional groups attached to an aromatic ring is 1. The maximum absolute atomic E-state index is 6.06. The van der Waals surface area contributed by atoms with Crippen molar-refractivity contribution in [2.45, 2.75) is 107 Å². The first kappa shape index (κ1) is 39.0. The summed E-state index contributed by atoms with van der Waals surface area (Å²) in [7, 11) is 3.89. The third kappa shape index (κ3) is 15.3. The second kappa shape index (κ2) is 23.5. The average molecular weight is 575 g/mol. The first-order valence-electron chi connectivity index (χ1n) is 16.1. The summed E-state index contributed by atoms with van der Waals surface area (Å²) in [6.45, 7) is 23.1. The van der Waals surface area contributed by atoms with Crippen LogP contribution in [-0.4, -0.2) is 25.6 Å². The zero-order chi connectivity index (χ0) is 31.9. The molecule has 3 aromatic rings. The van der Waals surface area contributed by atoms with Crippen molar-refractivity contribution in [3.8, 4) is 5.75 Å². The summed E-state index contributed by atoms with van der Waals surface area (Å²) in [6, 6.07) is 19.1. The van der Waals surface area contributed by atoms with Crippen LogP contribution in [-0.2, 0) is 19.4 Å². The molecule has 0 aliphatic heterocycles. The first-order chi connectivity index (χ1) is 20.2. The van der Waals surface area contributed by atoms with Gasteiger partial charge < -0.3 is 15.4 Å². The van der Waals surface area contributed by atoms with Gasteiger partial charge in [0.1, 0.15) is 5.75 Å². The Morgan fingerprint density at radius 3 is 1.93 bits per heavy atom. The van der Waals surface area contributed by atoms with Gasteiger partial charge in [0.25, 0.3) is 0 Å². The van der Waals surface area contributed by atoms with Crippen molar-refractivity contribution in [1.29, 1.82) is 0 Å². The molecule has 0 atom stereocenters. The highest BCUT2D eigenvalue weighted by atomic mass is 16.5. The second-order valence-electron chi connectivity index (χ2n) is 10.7. The van der Waals surface area contributed by atoms with E-state index in [1.54, 1.807) is 7.11 Å². The van der Waals surface area contributed by atoms with Crippen LogP contribution in [0.4, 0.5) is 5.69 Å². The van der Waals surface area contributed by atoms with Crippen LogP contribution >= 0.6 is 0 Å². The van der Waals surface area contributed by atoms with E-state index in [0.717, 1.165) is 42.9 Å². The van der Waals surface area contributed by atoms with E-state index in [4.69, 9.17) is 10.5 Å². The van der Waals surface area contributed by atoms with Gasteiger partial charge in [-0.3, -0.25) is 0 Å². The smallest absolute Gasteiger partial charge is 0.119 e. The zero-order valence-electron chi connectivity index (χ0n) is 28.8. The number of hydrogen-bond donors (Lipinski definition) is 1. The van der Waals surface area contributed by atoms with Gasteiger partial charge in [0.15, 0.2) is 0 Å². The van der Waals surface area contributed by atoms with Gasteiger partial charge in [-0.2, -0.15) is 0 Å². The standard InChI is InChI=1S/C17H19N.C14H23NO.C6H14.C2H6/c1-4-14-7-8-16(17(18)11-14)10-15-6-5-12(2)13(3)9-15;1-5-9-15(3)11-13-7-8-14(16-4)10-12(13)6-2;1-3-5-6-4-2;1-2/h4-9,11H,1,10,18H2,2-3H3;7-8,10H,5-6,9,11H2,1-4H3;3-6H2,1-2H3;1-2H3. The molecule has 3 heteroatoms. The van der Waals surface area contributed by atoms with Crippen LogP contribution in [0.25, 0.3) is 6.08 Å². The topological polar surface area (TPSA) is 38.5 Å². The number of rotatable bonds is 12. The summed E-state index contributed by atoms with van der Waals surface area (Å²) in [6.07, 6.45) is 10.5. The minimum Gasteiger partial charge on any atom is -0.497 e. The fourth-order valence-corrected chi connectivity index (χ4v) is 4.50. The molecule has 42 heavy (non-hydrogen) atoms. The van der Waals surface area contributed by atoms with Crippen molar-refractivity contribution >= 4 is 11.8 Å². The molecule has 0 aromatic heterocycles. The van der Waals surface area contributed by atoms with Crippen molar-refractivity contribution in [2.24, 2.45) is 0 Å². The second-order valence-corrected chi connectivity index (χ2v) is 10.7. The van der Waals surface area contributed by atoms with E-state index in [9.17, 15) is 0 Å². The molecule has 0 spiro atoms. The normalized spacial score (nSPS) is 9.98. The number of nitrogens with zero attached hydrogens (tertiary/aromatic N) is 1. The van der Waals surface area contributed by atoms with Crippen LogP contribution in [0.1, 0.15) is 113 Å². The van der Waals surface area contributed by atoms with Gasteiger partial charge in [-0.15, -0.1) is 0 Å². The number of nitrogens with two attached hydrogens (primary N) is 1. The first-order valence-corrected chi connectivity index (χ1v) is 16.1. The quantitative estimate of drug-likeness (QED) is 0.173. The van der Waals surface area contributed by atoms with Crippen molar-refractivity contribution < 1.29 is 4.74 Å². The van der Waals surface area contributed by atoms with E-state index < -0.39 is 0 Å². The maximum atomic E-state index is 6.06. The molecule has 3 nitrogen and oxygen atoms in total. The van der Waals surface area contributed by atoms with Gasteiger partial charge in [0, 0.05) is 12.2 Å². The van der Waals surface area contributed by atoms with Crippen LogP contribution in [0.5, 0.6) is 5.75 Å². The molecule has 2 N–H and O–H groups in total. The molecule has 0 aliphatic carbocycles. The minimum atomic E-state index is 0.839. The van der Waals surface area contributed by atoms with Crippen LogP contribution in [0.15, 0.2) is 61.2 Å². The van der Waals surface area contributed by atoms with Crippen molar-refractivity contribution in [1.82, 2.24) is 4.90 Å². The van der Waals surface area contributed by atoms with E-state index in [-0.39, 0.29) is 0 Å². The average Bonchev–Trinajstić information content (AvgIpc) is 3.01. The monoisotopic (exact) mass is 574 g/mol. The molecule has 0 aliphatic rings. The molecule has 0 amide bonds. The number of methoxy groups -OCH3 is 1. The lowest BCUT2D eigenvalue weighted by Crippen LogP contribution is -2.19. The molecule has 0 radical (unpaired) electrons. The molecule has 234 valence electrons. The molecule has 3 aromatic carbocycles. The number of unbranched alkanes of at least 4 members (excludes halogenated alkanes) is 3.